The zero-order valence-corrected chi connectivity index (χ0v) is 24.6. The molecule has 8 nitrogen and oxygen atoms in total. The molecule has 0 fully saturated rings. The molecule has 0 heterocycles. The summed E-state index contributed by atoms with van der Waals surface area (Å²) in [4.78, 5) is 28.7. The number of amides is 2. The van der Waals surface area contributed by atoms with Crippen molar-refractivity contribution in [2.45, 2.75) is 50.6 Å². The SMILES string of the molecule is CCCCNC(=O)[C@@H](CC)N(Cc1ccc(OC)cc1)C(=O)CN(c1cccc(Cl)c1)S(=O)(=O)c1ccccc1. The normalized spacial score (nSPS) is 11.9. The van der Waals surface area contributed by atoms with Crippen molar-refractivity contribution in [2.24, 2.45) is 0 Å². The topological polar surface area (TPSA) is 96.0 Å². The number of carbonyl (C=O) groups is 2. The van der Waals surface area contributed by atoms with Crippen molar-refractivity contribution in [1.82, 2.24) is 10.2 Å². The van der Waals surface area contributed by atoms with Gasteiger partial charge in [0.1, 0.15) is 18.3 Å². The summed E-state index contributed by atoms with van der Waals surface area (Å²) in [5.41, 5.74) is 1.02. The van der Waals surface area contributed by atoms with Crippen molar-refractivity contribution < 1.29 is 22.7 Å². The molecule has 0 aliphatic carbocycles. The van der Waals surface area contributed by atoms with Crippen molar-refractivity contribution in [3.05, 3.63) is 89.4 Å². The van der Waals surface area contributed by atoms with Crippen LogP contribution in [0.3, 0.4) is 0 Å². The van der Waals surface area contributed by atoms with Gasteiger partial charge in [-0.2, -0.15) is 0 Å². The summed E-state index contributed by atoms with van der Waals surface area (Å²) in [6.07, 6.45) is 2.08. The highest BCUT2D eigenvalue weighted by atomic mass is 35.5. The zero-order chi connectivity index (χ0) is 29.1. The number of sulfonamides is 1. The van der Waals surface area contributed by atoms with Gasteiger partial charge in [-0.3, -0.25) is 13.9 Å². The van der Waals surface area contributed by atoms with Gasteiger partial charge >= 0.3 is 0 Å². The number of methoxy groups -OCH3 is 1. The number of nitrogens with one attached hydrogen (secondary N) is 1. The van der Waals surface area contributed by atoms with Crippen molar-refractivity contribution in [2.75, 3.05) is 24.5 Å². The molecule has 0 radical (unpaired) electrons. The van der Waals surface area contributed by atoms with E-state index in [0.717, 1.165) is 22.7 Å². The van der Waals surface area contributed by atoms with E-state index in [9.17, 15) is 18.0 Å². The molecule has 214 valence electrons. The van der Waals surface area contributed by atoms with Crippen LogP contribution < -0.4 is 14.4 Å². The molecule has 1 atom stereocenters. The van der Waals surface area contributed by atoms with E-state index in [1.807, 2.05) is 26.0 Å². The van der Waals surface area contributed by atoms with Crippen LogP contribution >= 0.6 is 11.6 Å². The second-order valence-corrected chi connectivity index (χ2v) is 11.5. The number of hydrogen-bond acceptors (Lipinski definition) is 5. The number of ether oxygens (including phenoxy) is 1. The first-order valence-electron chi connectivity index (χ1n) is 13.2. The lowest BCUT2D eigenvalue weighted by Gasteiger charge is -2.33. The van der Waals surface area contributed by atoms with Gasteiger partial charge < -0.3 is 15.0 Å². The minimum atomic E-state index is -4.14. The number of halogens is 1. The van der Waals surface area contributed by atoms with Crippen LogP contribution in [0.25, 0.3) is 0 Å². The molecule has 0 spiro atoms. The van der Waals surface area contributed by atoms with Crippen LogP contribution in [-0.4, -0.2) is 51.4 Å². The van der Waals surface area contributed by atoms with Gasteiger partial charge in [0.05, 0.1) is 17.7 Å². The van der Waals surface area contributed by atoms with Crippen molar-refractivity contribution in [3.63, 3.8) is 0 Å². The molecule has 0 aliphatic rings. The Kier molecular flexibility index (Phi) is 11.4. The van der Waals surface area contributed by atoms with E-state index >= 15 is 0 Å². The van der Waals surface area contributed by atoms with Gasteiger partial charge in [-0.1, -0.05) is 68.3 Å². The number of hydrogen-bond donors (Lipinski definition) is 1. The molecule has 0 saturated carbocycles. The number of anilines is 1. The summed E-state index contributed by atoms with van der Waals surface area (Å²) in [6.45, 7) is 3.94. The highest BCUT2D eigenvalue weighted by Crippen LogP contribution is 2.27. The van der Waals surface area contributed by atoms with Crippen LogP contribution in [0, 0.1) is 0 Å². The summed E-state index contributed by atoms with van der Waals surface area (Å²) >= 11 is 6.21. The van der Waals surface area contributed by atoms with E-state index in [4.69, 9.17) is 16.3 Å². The molecule has 0 unspecified atom stereocenters. The van der Waals surface area contributed by atoms with Gasteiger partial charge in [0.2, 0.25) is 11.8 Å². The van der Waals surface area contributed by atoms with Crippen LogP contribution in [0.4, 0.5) is 5.69 Å². The van der Waals surface area contributed by atoms with Crippen molar-refractivity contribution >= 4 is 39.1 Å². The Hall–Kier alpha value is -3.56. The molecule has 3 rings (SSSR count). The Labute approximate surface area is 241 Å². The van der Waals surface area contributed by atoms with Crippen molar-refractivity contribution in [3.8, 4) is 5.75 Å². The maximum atomic E-state index is 14.0. The maximum absolute atomic E-state index is 14.0. The van der Waals surface area contributed by atoms with Gasteiger partial charge in [-0.05, 0) is 60.9 Å². The third-order valence-corrected chi connectivity index (χ3v) is 8.46. The lowest BCUT2D eigenvalue weighted by Crippen LogP contribution is -2.52. The van der Waals surface area contributed by atoms with Crippen LogP contribution in [0.2, 0.25) is 5.02 Å². The summed E-state index contributed by atoms with van der Waals surface area (Å²) in [5.74, 6) is -0.141. The van der Waals surface area contributed by atoms with E-state index in [0.29, 0.717) is 23.7 Å². The first-order valence-corrected chi connectivity index (χ1v) is 15.1. The second-order valence-electron chi connectivity index (χ2n) is 9.24. The monoisotopic (exact) mass is 585 g/mol. The molecule has 0 saturated heterocycles. The molecule has 3 aromatic carbocycles. The molecule has 2 amide bonds. The first kappa shape index (κ1) is 31.0. The quantitative estimate of drug-likeness (QED) is 0.260. The zero-order valence-electron chi connectivity index (χ0n) is 23.0. The molecule has 10 heteroatoms. The van der Waals surface area contributed by atoms with E-state index < -0.39 is 28.5 Å². The van der Waals surface area contributed by atoms with E-state index in [1.54, 1.807) is 55.6 Å². The third-order valence-electron chi connectivity index (χ3n) is 6.43. The Morgan fingerprint density at radius 1 is 0.975 bits per heavy atom. The van der Waals surface area contributed by atoms with Crippen LogP contribution in [0.15, 0.2) is 83.8 Å². The summed E-state index contributed by atoms with van der Waals surface area (Å²) in [7, 11) is -2.58. The summed E-state index contributed by atoms with van der Waals surface area (Å²) < 4.78 is 33.9. The second kappa shape index (κ2) is 14.7. The number of unbranched alkanes of at least 4 members (excludes halogenated alkanes) is 1. The largest absolute Gasteiger partial charge is 0.497 e. The Morgan fingerprint density at radius 3 is 2.27 bits per heavy atom. The Morgan fingerprint density at radius 2 is 1.68 bits per heavy atom. The highest BCUT2D eigenvalue weighted by molar-refractivity contribution is 7.92. The van der Waals surface area contributed by atoms with Gasteiger partial charge in [-0.15, -0.1) is 0 Å². The molecular weight excluding hydrogens is 550 g/mol. The Balaban J connectivity index is 2.02. The number of carbonyl (C=O) groups excluding carboxylic acids is 2. The lowest BCUT2D eigenvalue weighted by molar-refractivity contribution is -0.140. The van der Waals surface area contributed by atoms with Crippen LogP contribution in [-0.2, 0) is 26.2 Å². The minimum Gasteiger partial charge on any atom is -0.497 e. The van der Waals surface area contributed by atoms with E-state index in [1.165, 1.54) is 23.1 Å². The fraction of sp³-hybridized carbons (Fsp3) is 0.333. The van der Waals surface area contributed by atoms with Crippen LogP contribution in [0.1, 0.15) is 38.7 Å². The van der Waals surface area contributed by atoms with Gasteiger partial charge in [0.25, 0.3) is 10.0 Å². The van der Waals surface area contributed by atoms with Gasteiger partial charge in [-0.25, -0.2) is 8.42 Å². The average molecular weight is 586 g/mol. The number of nitrogens with zero attached hydrogens (tertiary/aromatic N) is 2. The van der Waals surface area contributed by atoms with E-state index in [2.05, 4.69) is 5.32 Å². The summed E-state index contributed by atoms with van der Waals surface area (Å²) in [6, 6.07) is 20.6. The predicted molar refractivity (Wildman–Crippen MR) is 158 cm³/mol. The standard InChI is InChI=1S/C30H36ClN3O5S/c1-4-6-19-32-30(36)28(5-2)33(21-23-15-17-26(39-3)18-16-23)29(35)22-34(25-12-10-11-24(31)20-25)40(37,38)27-13-8-7-9-14-27/h7-18,20,28H,4-6,19,21-22H2,1-3H3,(H,32,36)/t28-/m1/s1. The maximum Gasteiger partial charge on any atom is 0.264 e. The van der Waals surface area contributed by atoms with Gasteiger partial charge in [0, 0.05) is 18.1 Å². The first-order chi connectivity index (χ1) is 19.2. The molecule has 0 bridgehead atoms. The number of benzene rings is 3. The molecular formula is C30H36ClN3O5S. The lowest BCUT2D eigenvalue weighted by atomic mass is 10.1. The predicted octanol–water partition coefficient (Wildman–Crippen LogP) is 5.27. The molecule has 0 aliphatic heterocycles. The smallest absolute Gasteiger partial charge is 0.264 e. The fourth-order valence-corrected chi connectivity index (χ4v) is 5.84. The highest BCUT2D eigenvalue weighted by Gasteiger charge is 2.33. The van der Waals surface area contributed by atoms with Crippen molar-refractivity contribution in [1.29, 1.82) is 0 Å². The van der Waals surface area contributed by atoms with E-state index in [-0.39, 0.29) is 23.0 Å². The molecule has 3 aromatic rings. The number of rotatable bonds is 14. The fourth-order valence-electron chi connectivity index (χ4n) is 4.23. The summed E-state index contributed by atoms with van der Waals surface area (Å²) in [5, 5.41) is 3.25. The average Bonchev–Trinajstić information content (AvgIpc) is 2.96. The molecule has 40 heavy (non-hydrogen) atoms. The van der Waals surface area contributed by atoms with Gasteiger partial charge in [0.15, 0.2) is 0 Å². The van der Waals surface area contributed by atoms with Crippen LogP contribution in [0.5, 0.6) is 5.75 Å². The molecule has 1 N–H and O–H groups in total. The third kappa shape index (κ3) is 7.99. The molecule has 0 aromatic heterocycles. The minimum absolute atomic E-state index is 0.0360. The Bertz CT molecular complexity index is 1370.